The van der Waals surface area contributed by atoms with E-state index in [0.717, 1.165) is 29.2 Å². The minimum Gasteiger partial charge on any atom is -0.493 e. The second-order valence-electron chi connectivity index (χ2n) is 4.57. The highest BCUT2D eigenvalue weighted by Crippen LogP contribution is 2.25. The van der Waals surface area contributed by atoms with Gasteiger partial charge in [0.2, 0.25) is 5.91 Å². The molecule has 2 heterocycles. The SMILES string of the molecule is O=C(Cc1cccs1)NCc1ccc2c(c1)CCO2. The Hall–Kier alpha value is -1.81. The quantitative estimate of drug-likeness (QED) is 0.929. The Kier molecular flexibility index (Phi) is 3.51. The van der Waals surface area contributed by atoms with Gasteiger partial charge in [0, 0.05) is 17.8 Å². The van der Waals surface area contributed by atoms with Gasteiger partial charge in [-0.25, -0.2) is 0 Å². The molecule has 1 aliphatic heterocycles. The van der Waals surface area contributed by atoms with Gasteiger partial charge in [0.1, 0.15) is 5.75 Å². The van der Waals surface area contributed by atoms with E-state index in [2.05, 4.69) is 11.4 Å². The molecule has 4 heteroatoms. The van der Waals surface area contributed by atoms with Gasteiger partial charge in [-0.2, -0.15) is 0 Å². The van der Waals surface area contributed by atoms with Crippen LogP contribution in [0.15, 0.2) is 35.7 Å². The summed E-state index contributed by atoms with van der Waals surface area (Å²) in [6.07, 6.45) is 1.43. The van der Waals surface area contributed by atoms with E-state index in [9.17, 15) is 4.79 Å². The molecule has 0 saturated carbocycles. The van der Waals surface area contributed by atoms with Crippen molar-refractivity contribution >= 4 is 17.2 Å². The van der Waals surface area contributed by atoms with Gasteiger partial charge < -0.3 is 10.1 Å². The van der Waals surface area contributed by atoms with E-state index in [-0.39, 0.29) is 5.91 Å². The van der Waals surface area contributed by atoms with E-state index in [1.54, 1.807) is 11.3 Å². The lowest BCUT2D eigenvalue weighted by Gasteiger charge is -2.06. The number of rotatable bonds is 4. The van der Waals surface area contributed by atoms with Crippen LogP contribution in [-0.2, 0) is 24.2 Å². The van der Waals surface area contributed by atoms with E-state index in [0.29, 0.717) is 13.0 Å². The molecule has 0 radical (unpaired) electrons. The van der Waals surface area contributed by atoms with Crippen molar-refractivity contribution in [3.63, 3.8) is 0 Å². The maximum atomic E-state index is 11.8. The molecule has 1 aromatic heterocycles. The van der Waals surface area contributed by atoms with Crippen molar-refractivity contribution in [2.75, 3.05) is 6.61 Å². The predicted molar refractivity (Wildman–Crippen MR) is 75.5 cm³/mol. The third kappa shape index (κ3) is 2.96. The lowest BCUT2D eigenvalue weighted by atomic mass is 10.1. The third-order valence-electron chi connectivity index (χ3n) is 3.16. The molecule has 0 saturated heterocycles. The first-order valence-electron chi connectivity index (χ1n) is 6.35. The summed E-state index contributed by atoms with van der Waals surface area (Å²) >= 11 is 1.61. The van der Waals surface area contributed by atoms with E-state index in [1.807, 2.05) is 29.6 Å². The van der Waals surface area contributed by atoms with Crippen molar-refractivity contribution in [3.8, 4) is 5.75 Å². The highest BCUT2D eigenvalue weighted by atomic mass is 32.1. The molecule has 1 aromatic carbocycles. The third-order valence-corrected chi connectivity index (χ3v) is 4.03. The Balaban J connectivity index is 1.56. The van der Waals surface area contributed by atoms with Crippen LogP contribution in [0.2, 0.25) is 0 Å². The summed E-state index contributed by atoms with van der Waals surface area (Å²) < 4.78 is 5.46. The first-order chi connectivity index (χ1) is 9.31. The Labute approximate surface area is 116 Å². The summed E-state index contributed by atoms with van der Waals surface area (Å²) in [5.41, 5.74) is 2.37. The summed E-state index contributed by atoms with van der Waals surface area (Å²) in [5.74, 6) is 1.05. The summed E-state index contributed by atoms with van der Waals surface area (Å²) in [6.45, 7) is 1.35. The largest absolute Gasteiger partial charge is 0.493 e. The Bertz CT molecular complexity index is 578. The summed E-state index contributed by atoms with van der Waals surface area (Å²) in [7, 11) is 0. The standard InChI is InChI=1S/C15H15NO2S/c17-15(9-13-2-1-7-19-13)16-10-11-3-4-14-12(8-11)5-6-18-14/h1-4,7-8H,5-6,9-10H2,(H,16,17). The molecule has 0 aliphatic carbocycles. The Morgan fingerprint density at radius 1 is 1.37 bits per heavy atom. The van der Waals surface area contributed by atoms with Crippen molar-refractivity contribution in [2.45, 2.75) is 19.4 Å². The fourth-order valence-electron chi connectivity index (χ4n) is 2.18. The molecular formula is C15H15NO2S. The summed E-state index contributed by atoms with van der Waals surface area (Å²) in [6, 6.07) is 10.1. The van der Waals surface area contributed by atoms with Gasteiger partial charge in [-0.05, 0) is 28.6 Å². The number of carbonyl (C=O) groups is 1. The predicted octanol–water partition coefficient (Wildman–Crippen LogP) is 2.54. The van der Waals surface area contributed by atoms with Crippen molar-refractivity contribution in [3.05, 3.63) is 51.7 Å². The van der Waals surface area contributed by atoms with Gasteiger partial charge in [0.05, 0.1) is 13.0 Å². The first-order valence-corrected chi connectivity index (χ1v) is 7.23. The van der Waals surface area contributed by atoms with E-state index < -0.39 is 0 Å². The minimum absolute atomic E-state index is 0.0687. The monoisotopic (exact) mass is 273 g/mol. The summed E-state index contributed by atoms with van der Waals surface area (Å²) in [5, 5.41) is 4.94. The first kappa shape index (κ1) is 12.2. The lowest BCUT2D eigenvalue weighted by Crippen LogP contribution is -2.24. The van der Waals surface area contributed by atoms with Crippen LogP contribution in [0.25, 0.3) is 0 Å². The molecule has 2 aromatic rings. The number of thiophene rings is 1. The average Bonchev–Trinajstić information content (AvgIpc) is 3.06. The number of hydrogen-bond donors (Lipinski definition) is 1. The van der Waals surface area contributed by atoms with Crippen LogP contribution in [0.3, 0.4) is 0 Å². The fraction of sp³-hybridized carbons (Fsp3) is 0.267. The highest BCUT2D eigenvalue weighted by molar-refractivity contribution is 7.10. The van der Waals surface area contributed by atoms with Gasteiger partial charge >= 0.3 is 0 Å². The van der Waals surface area contributed by atoms with Gasteiger partial charge in [0.25, 0.3) is 0 Å². The smallest absolute Gasteiger partial charge is 0.225 e. The number of amides is 1. The zero-order valence-electron chi connectivity index (χ0n) is 10.5. The minimum atomic E-state index is 0.0687. The maximum absolute atomic E-state index is 11.8. The van der Waals surface area contributed by atoms with Crippen molar-refractivity contribution in [1.29, 1.82) is 0 Å². The van der Waals surface area contributed by atoms with Crippen molar-refractivity contribution in [2.24, 2.45) is 0 Å². The van der Waals surface area contributed by atoms with Crippen LogP contribution in [-0.4, -0.2) is 12.5 Å². The number of benzene rings is 1. The molecule has 1 aliphatic rings. The molecule has 3 rings (SSSR count). The molecule has 0 bridgehead atoms. The zero-order chi connectivity index (χ0) is 13.1. The number of carbonyl (C=O) groups excluding carboxylic acids is 1. The van der Waals surface area contributed by atoms with Gasteiger partial charge in [-0.15, -0.1) is 11.3 Å². The van der Waals surface area contributed by atoms with E-state index >= 15 is 0 Å². The van der Waals surface area contributed by atoms with Gasteiger partial charge in [0.15, 0.2) is 0 Å². The molecular weight excluding hydrogens is 258 g/mol. The van der Waals surface area contributed by atoms with E-state index in [4.69, 9.17) is 4.74 Å². The number of nitrogens with one attached hydrogen (secondary N) is 1. The van der Waals surface area contributed by atoms with Crippen molar-refractivity contribution < 1.29 is 9.53 Å². The Morgan fingerprint density at radius 2 is 2.32 bits per heavy atom. The second-order valence-corrected chi connectivity index (χ2v) is 5.61. The average molecular weight is 273 g/mol. The fourth-order valence-corrected chi connectivity index (χ4v) is 2.89. The van der Waals surface area contributed by atoms with Crippen LogP contribution in [0, 0.1) is 0 Å². The normalized spacial score (nSPS) is 12.8. The van der Waals surface area contributed by atoms with Crippen LogP contribution in [0.1, 0.15) is 16.0 Å². The number of ether oxygens (including phenoxy) is 1. The number of hydrogen-bond acceptors (Lipinski definition) is 3. The molecule has 0 unspecified atom stereocenters. The number of fused-ring (bicyclic) bond motifs is 1. The molecule has 0 fully saturated rings. The molecule has 1 N–H and O–H groups in total. The van der Waals surface area contributed by atoms with E-state index in [1.165, 1.54) is 5.56 Å². The van der Waals surface area contributed by atoms with Crippen LogP contribution >= 0.6 is 11.3 Å². The second kappa shape index (κ2) is 5.45. The maximum Gasteiger partial charge on any atom is 0.225 e. The Morgan fingerprint density at radius 3 is 3.16 bits per heavy atom. The van der Waals surface area contributed by atoms with Crippen LogP contribution in [0.5, 0.6) is 5.75 Å². The molecule has 0 atom stereocenters. The molecule has 3 nitrogen and oxygen atoms in total. The highest BCUT2D eigenvalue weighted by Gasteiger charge is 2.12. The molecule has 19 heavy (non-hydrogen) atoms. The molecule has 98 valence electrons. The summed E-state index contributed by atoms with van der Waals surface area (Å²) in [4.78, 5) is 12.9. The topological polar surface area (TPSA) is 38.3 Å². The van der Waals surface area contributed by atoms with Crippen LogP contribution in [0.4, 0.5) is 0 Å². The van der Waals surface area contributed by atoms with Crippen molar-refractivity contribution in [1.82, 2.24) is 5.32 Å². The van der Waals surface area contributed by atoms with Gasteiger partial charge in [-0.3, -0.25) is 4.79 Å². The van der Waals surface area contributed by atoms with Crippen LogP contribution < -0.4 is 10.1 Å². The molecule has 1 amide bonds. The zero-order valence-corrected chi connectivity index (χ0v) is 11.3. The lowest BCUT2D eigenvalue weighted by molar-refractivity contribution is -0.120. The molecule has 0 spiro atoms. The van der Waals surface area contributed by atoms with Gasteiger partial charge in [-0.1, -0.05) is 18.2 Å².